The van der Waals surface area contributed by atoms with Gasteiger partial charge in [-0.2, -0.15) is 0 Å². The summed E-state index contributed by atoms with van der Waals surface area (Å²) in [5.74, 6) is 0.843. The highest BCUT2D eigenvalue weighted by Gasteiger charge is 2.52. The lowest BCUT2D eigenvalue weighted by Gasteiger charge is -2.47. The molecule has 0 aliphatic carbocycles. The van der Waals surface area contributed by atoms with Crippen molar-refractivity contribution in [2.45, 2.75) is 25.2 Å². The summed E-state index contributed by atoms with van der Waals surface area (Å²) in [5, 5.41) is 0. The normalized spacial score (nSPS) is 17.0. The summed E-state index contributed by atoms with van der Waals surface area (Å²) >= 11 is 0. The monoisotopic (exact) mass is 361 g/mol. The Bertz CT molecular complexity index is 965. The van der Waals surface area contributed by atoms with Crippen molar-refractivity contribution in [3.63, 3.8) is 0 Å². The van der Waals surface area contributed by atoms with Gasteiger partial charge >= 0.3 is 0 Å². The van der Waals surface area contributed by atoms with Gasteiger partial charge in [0.05, 0.1) is 31.7 Å². The van der Waals surface area contributed by atoms with E-state index in [4.69, 9.17) is 9.72 Å². The Morgan fingerprint density at radius 3 is 2.85 bits per heavy atom. The molecule has 136 valence electrons. The summed E-state index contributed by atoms with van der Waals surface area (Å²) in [6.07, 6.45) is 7.63. The van der Waals surface area contributed by atoms with Crippen molar-refractivity contribution in [2.24, 2.45) is 0 Å². The third kappa shape index (κ3) is 2.80. The van der Waals surface area contributed by atoms with E-state index in [1.807, 2.05) is 52.2 Å². The van der Waals surface area contributed by atoms with Gasteiger partial charge in [-0.3, -0.25) is 4.79 Å². The molecule has 1 amide bonds. The molecule has 7 nitrogen and oxygen atoms in total. The fraction of sp³-hybridized carbons (Fsp3) is 0.300. The van der Waals surface area contributed by atoms with Gasteiger partial charge in [0.1, 0.15) is 5.60 Å². The van der Waals surface area contributed by atoms with Crippen molar-refractivity contribution in [2.75, 3.05) is 13.1 Å². The number of ether oxygens (including phenoxy) is 1. The summed E-state index contributed by atoms with van der Waals surface area (Å²) in [7, 11) is 0. The summed E-state index contributed by atoms with van der Waals surface area (Å²) < 4.78 is 7.97. The lowest BCUT2D eigenvalue weighted by molar-refractivity contribution is -0.168. The average Bonchev–Trinajstić information content (AvgIpc) is 3.33. The van der Waals surface area contributed by atoms with Crippen LogP contribution < -0.4 is 0 Å². The van der Waals surface area contributed by atoms with Crippen molar-refractivity contribution in [3.05, 3.63) is 66.5 Å². The number of hydrogen-bond acceptors (Lipinski definition) is 5. The molecular weight excluding hydrogens is 342 g/mol. The topological polar surface area (TPSA) is 73.1 Å². The quantitative estimate of drug-likeness (QED) is 0.711. The van der Waals surface area contributed by atoms with E-state index < -0.39 is 5.60 Å². The zero-order valence-corrected chi connectivity index (χ0v) is 14.8. The Labute approximate surface area is 156 Å². The number of hydrogen-bond donors (Lipinski definition) is 0. The second-order valence-electron chi connectivity index (χ2n) is 7.00. The van der Waals surface area contributed by atoms with Crippen molar-refractivity contribution >= 4 is 5.91 Å². The molecule has 1 saturated heterocycles. The van der Waals surface area contributed by atoms with Gasteiger partial charge in [0.2, 0.25) is 5.91 Å². The van der Waals surface area contributed by atoms with Crippen LogP contribution in [0.3, 0.4) is 0 Å². The minimum Gasteiger partial charge on any atom is -0.360 e. The first-order valence-corrected chi connectivity index (χ1v) is 9.03. The molecule has 2 aliphatic rings. The molecule has 4 heterocycles. The molecule has 0 radical (unpaired) electrons. The van der Waals surface area contributed by atoms with Crippen LogP contribution in [0.1, 0.15) is 17.7 Å². The lowest BCUT2D eigenvalue weighted by Crippen LogP contribution is -2.61. The number of fused-ring (bicyclic) bond motifs is 2. The SMILES string of the molecule is O=C(CCn1ccnc1)N1CC2(C1)OCc1nc(-c3ccccc3)ncc12. The first-order valence-electron chi connectivity index (χ1n) is 9.03. The van der Waals surface area contributed by atoms with Crippen molar-refractivity contribution in [1.82, 2.24) is 24.4 Å². The second-order valence-corrected chi connectivity index (χ2v) is 7.00. The van der Waals surface area contributed by atoms with E-state index in [9.17, 15) is 4.79 Å². The minimum absolute atomic E-state index is 0.133. The van der Waals surface area contributed by atoms with E-state index in [2.05, 4.69) is 9.97 Å². The molecule has 0 unspecified atom stereocenters. The highest BCUT2D eigenvalue weighted by atomic mass is 16.5. The molecule has 0 saturated carbocycles. The van der Waals surface area contributed by atoms with Crippen LogP contribution in [0.2, 0.25) is 0 Å². The van der Waals surface area contributed by atoms with Crippen LogP contribution in [0.25, 0.3) is 11.4 Å². The van der Waals surface area contributed by atoms with Crippen LogP contribution in [-0.4, -0.2) is 43.4 Å². The molecule has 1 spiro atoms. The number of nitrogens with zero attached hydrogens (tertiary/aromatic N) is 5. The summed E-state index contributed by atoms with van der Waals surface area (Å²) in [4.78, 5) is 27.5. The number of amides is 1. The Balaban J connectivity index is 1.27. The van der Waals surface area contributed by atoms with E-state index in [0.717, 1.165) is 16.8 Å². The average molecular weight is 361 g/mol. The molecule has 7 heteroatoms. The van der Waals surface area contributed by atoms with Crippen molar-refractivity contribution < 1.29 is 9.53 Å². The predicted molar refractivity (Wildman–Crippen MR) is 97.4 cm³/mol. The smallest absolute Gasteiger partial charge is 0.224 e. The molecule has 0 atom stereocenters. The third-order valence-electron chi connectivity index (χ3n) is 5.26. The molecule has 27 heavy (non-hydrogen) atoms. The predicted octanol–water partition coefficient (Wildman–Crippen LogP) is 2.00. The lowest BCUT2D eigenvalue weighted by atomic mass is 9.87. The van der Waals surface area contributed by atoms with Crippen LogP contribution in [0.15, 0.2) is 55.2 Å². The number of benzene rings is 1. The van der Waals surface area contributed by atoms with Gasteiger partial charge in [-0.1, -0.05) is 30.3 Å². The van der Waals surface area contributed by atoms with Gasteiger partial charge in [-0.15, -0.1) is 0 Å². The largest absolute Gasteiger partial charge is 0.360 e. The van der Waals surface area contributed by atoms with Gasteiger partial charge in [0.15, 0.2) is 5.82 Å². The number of carbonyl (C=O) groups excluding carboxylic acids is 1. The summed E-state index contributed by atoms with van der Waals surface area (Å²) in [5.41, 5.74) is 2.50. The van der Waals surface area contributed by atoms with Gasteiger partial charge < -0.3 is 14.2 Å². The molecule has 3 aromatic rings. The standard InChI is InChI=1S/C20H19N5O2/c26-18(6-8-24-9-7-21-14-24)25-12-20(13-25)16-10-22-19(23-17(16)11-27-20)15-4-2-1-3-5-15/h1-5,7,9-10,14H,6,8,11-13H2. The van der Waals surface area contributed by atoms with Crippen molar-refractivity contribution in [1.29, 1.82) is 0 Å². The first-order chi connectivity index (χ1) is 13.2. The fourth-order valence-corrected chi connectivity index (χ4v) is 3.73. The van der Waals surface area contributed by atoms with E-state index in [-0.39, 0.29) is 5.91 Å². The highest BCUT2D eigenvalue weighted by Crippen LogP contribution is 2.43. The maximum Gasteiger partial charge on any atom is 0.224 e. The molecule has 1 aromatic carbocycles. The maximum atomic E-state index is 12.4. The molecule has 1 fully saturated rings. The van der Waals surface area contributed by atoms with Crippen LogP contribution in [0.5, 0.6) is 0 Å². The molecule has 5 rings (SSSR count). The zero-order valence-electron chi connectivity index (χ0n) is 14.8. The maximum absolute atomic E-state index is 12.4. The zero-order chi connectivity index (χ0) is 18.3. The fourth-order valence-electron chi connectivity index (χ4n) is 3.73. The van der Waals surface area contributed by atoms with E-state index in [1.54, 1.807) is 12.5 Å². The summed E-state index contributed by atoms with van der Waals surface area (Å²) in [6, 6.07) is 9.92. The molecular formula is C20H19N5O2. The van der Waals surface area contributed by atoms with Gasteiger partial charge in [0, 0.05) is 42.7 Å². The Morgan fingerprint density at radius 2 is 2.07 bits per heavy atom. The van der Waals surface area contributed by atoms with Crippen LogP contribution in [0.4, 0.5) is 0 Å². The molecule has 0 N–H and O–H groups in total. The van der Waals surface area contributed by atoms with Gasteiger partial charge in [-0.25, -0.2) is 15.0 Å². The van der Waals surface area contributed by atoms with Crippen LogP contribution in [-0.2, 0) is 28.3 Å². The second kappa shape index (κ2) is 6.28. The Morgan fingerprint density at radius 1 is 1.22 bits per heavy atom. The highest BCUT2D eigenvalue weighted by molar-refractivity contribution is 5.77. The van der Waals surface area contributed by atoms with Crippen LogP contribution in [0, 0.1) is 0 Å². The molecule has 2 aliphatic heterocycles. The Hall–Kier alpha value is -3.06. The number of carbonyl (C=O) groups is 1. The van der Waals surface area contributed by atoms with E-state index in [0.29, 0.717) is 38.5 Å². The number of aromatic nitrogens is 4. The van der Waals surface area contributed by atoms with Gasteiger partial charge in [-0.05, 0) is 0 Å². The number of imidazole rings is 1. The summed E-state index contributed by atoms with van der Waals surface area (Å²) in [6.45, 7) is 2.24. The Kier molecular flexibility index (Phi) is 3.75. The molecule has 2 aromatic heterocycles. The minimum atomic E-state index is -0.435. The molecule has 0 bridgehead atoms. The van der Waals surface area contributed by atoms with E-state index in [1.165, 1.54) is 0 Å². The number of aryl methyl sites for hydroxylation is 1. The van der Waals surface area contributed by atoms with Crippen molar-refractivity contribution in [3.8, 4) is 11.4 Å². The van der Waals surface area contributed by atoms with Gasteiger partial charge in [0.25, 0.3) is 0 Å². The third-order valence-corrected chi connectivity index (χ3v) is 5.26. The number of likely N-dealkylation sites (tertiary alicyclic amines) is 1. The van der Waals surface area contributed by atoms with E-state index >= 15 is 0 Å². The first kappa shape index (κ1) is 16.1. The van der Waals surface area contributed by atoms with Crippen LogP contribution >= 0.6 is 0 Å². The number of rotatable bonds is 4.